The predicted octanol–water partition coefficient (Wildman–Crippen LogP) is 1.94. The molecule has 0 amide bonds. The van der Waals surface area contributed by atoms with Gasteiger partial charge in [0.2, 0.25) is 15.8 Å². The number of aromatic amines is 1. The zero-order valence-corrected chi connectivity index (χ0v) is 13.6. The van der Waals surface area contributed by atoms with E-state index in [4.69, 9.17) is 0 Å². The van der Waals surface area contributed by atoms with Gasteiger partial charge in [-0.2, -0.15) is 5.10 Å². The summed E-state index contributed by atoms with van der Waals surface area (Å²) in [5, 5.41) is 4.33. The van der Waals surface area contributed by atoms with Crippen molar-refractivity contribution in [3.05, 3.63) is 77.3 Å². The molecule has 0 aliphatic heterocycles. The van der Waals surface area contributed by atoms with Gasteiger partial charge in [0.15, 0.2) is 0 Å². The molecule has 7 nitrogen and oxygen atoms in total. The molecule has 2 heterocycles. The number of rotatable bonds is 3. The summed E-state index contributed by atoms with van der Waals surface area (Å²) in [6.07, 6.45) is 3.19. The summed E-state index contributed by atoms with van der Waals surface area (Å²) in [5.41, 5.74) is -0.0783. The van der Waals surface area contributed by atoms with E-state index in [1.165, 1.54) is 35.0 Å². The van der Waals surface area contributed by atoms with Crippen LogP contribution in [0.5, 0.6) is 0 Å². The summed E-state index contributed by atoms with van der Waals surface area (Å²) in [6, 6.07) is 14.1. The van der Waals surface area contributed by atoms with Gasteiger partial charge in [-0.1, -0.05) is 18.2 Å². The smallest absolute Gasteiger partial charge is 0.260 e. The summed E-state index contributed by atoms with van der Waals surface area (Å²) < 4.78 is 26.9. The quantitative estimate of drug-likeness (QED) is 0.608. The highest BCUT2D eigenvalue weighted by Crippen LogP contribution is 2.23. The number of nitrogens with zero attached hydrogens (tertiary/aromatic N) is 3. The first-order valence-corrected chi connectivity index (χ1v) is 8.88. The summed E-state index contributed by atoms with van der Waals surface area (Å²) in [7, 11) is -3.68. The third-order valence-corrected chi connectivity index (χ3v) is 5.52. The minimum absolute atomic E-state index is 0.0794. The van der Waals surface area contributed by atoms with Crippen molar-refractivity contribution in [1.82, 2.24) is 19.7 Å². The number of H-pyrrole nitrogens is 1. The van der Waals surface area contributed by atoms with Gasteiger partial charge in [-0.3, -0.25) is 9.78 Å². The van der Waals surface area contributed by atoms with Crippen LogP contribution in [-0.2, 0) is 9.84 Å². The first-order chi connectivity index (χ1) is 12.1. The molecular formula is C17H12N4O3S. The van der Waals surface area contributed by atoms with Gasteiger partial charge in [0.25, 0.3) is 5.56 Å². The maximum Gasteiger partial charge on any atom is 0.260 e. The Balaban J connectivity index is 1.92. The molecule has 0 aliphatic rings. The third kappa shape index (κ3) is 2.62. The fourth-order valence-corrected chi connectivity index (χ4v) is 3.81. The molecule has 1 N–H and O–H groups in total. The van der Waals surface area contributed by atoms with E-state index in [0.717, 1.165) is 0 Å². The van der Waals surface area contributed by atoms with Crippen molar-refractivity contribution in [3.8, 4) is 5.95 Å². The lowest BCUT2D eigenvalue weighted by atomic mass is 10.2. The molecule has 2 aromatic heterocycles. The van der Waals surface area contributed by atoms with Crippen LogP contribution in [0.15, 0.2) is 81.6 Å². The van der Waals surface area contributed by atoms with Crippen LogP contribution in [0, 0.1) is 0 Å². The molecule has 0 radical (unpaired) electrons. The van der Waals surface area contributed by atoms with Crippen molar-refractivity contribution in [2.24, 2.45) is 0 Å². The highest BCUT2D eigenvalue weighted by molar-refractivity contribution is 7.91. The van der Waals surface area contributed by atoms with Crippen molar-refractivity contribution < 1.29 is 8.42 Å². The molecule has 0 bridgehead atoms. The monoisotopic (exact) mass is 352 g/mol. The standard InChI is InChI=1S/C17H12N4O3S/c22-16-14-8-7-13(25(23,24)12-5-2-1-3-6-12)11-15(14)19-17(20-16)21-10-4-9-18-21/h1-11H,(H,19,20,22). The summed E-state index contributed by atoms with van der Waals surface area (Å²) in [6.45, 7) is 0. The molecule has 2 aromatic carbocycles. The molecule has 0 saturated carbocycles. The van der Waals surface area contributed by atoms with E-state index in [1.54, 1.807) is 36.7 Å². The van der Waals surface area contributed by atoms with Gasteiger partial charge >= 0.3 is 0 Å². The normalized spacial score (nSPS) is 11.7. The molecule has 0 aliphatic carbocycles. The van der Waals surface area contributed by atoms with Crippen molar-refractivity contribution in [1.29, 1.82) is 0 Å². The fraction of sp³-hybridized carbons (Fsp3) is 0. The lowest BCUT2D eigenvalue weighted by molar-refractivity contribution is 0.596. The molecule has 25 heavy (non-hydrogen) atoms. The van der Waals surface area contributed by atoms with Crippen molar-refractivity contribution in [2.45, 2.75) is 9.79 Å². The average Bonchev–Trinajstić information content (AvgIpc) is 3.16. The Hall–Kier alpha value is -3.26. The van der Waals surface area contributed by atoms with Crippen molar-refractivity contribution in [2.75, 3.05) is 0 Å². The Morgan fingerprint density at radius 3 is 2.48 bits per heavy atom. The highest BCUT2D eigenvalue weighted by atomic mass is 32.2. The topological polar surface area (TPSA) is 97.7 Å². The number of hydrogen-bond acceptors (Lipinski definition) is 5. The zero-order valence-electron chi connectivity index (χ0n) is 12.8. The van der Waals surface area contributed by atoms with Crippen molar-refractivity contribution in [3.63, 3.8) is 0 Å². The van der Waals surface area contributed by atoms with Crippen LogP contribution in [0.25, 0.3) is 16.9 Å². The van der Waals surface area contributed by atoms with Crippen LogP contribution in [0.3, 0.4) is 0 Å². The summed E-state index contributed by atoms with van der Waals surface area (Å²) >= 11 is 0. The minimum Gasteiger partial charge on any atom is -0.290 e. The molecule has 0 unspecified atom stereocenters. The second-order valence-corrected chi connectivity index (χ2v) is 7.29. The highest BCUT2D eigenvalue weighted by Gasteiger charge is 2.18. The number of nitrogens with one attached hydrogen (secondary N) is 1. The number of fused-ring (bicyclic) bond motifs is 1. The Bertz CT molecular complexity index is 1210. The number of sulfone groups is 1. The van der Waals surface area contributed by atoms with Crippen molar-refractivity contribution >= 4 is 20.7 Å². The van der Waals surface area contributed by atoms with E-state index in [2.05, 4.69) is 15.1 Å². The largest absolute Gasteiger partial charge is 0.290 e. The minimum atomic E-state index is -3.68. The lowest BCUT2D eigenvalue weighted by Crippen LogP contribution is -2.14. The van der Waals surface area contributed by atoms with Crippen LogP contribution >= 0.6 is 0 Å². The Kier molecular flexibility index (Phi) is 3.47. The molecule has 8 heteroatoms. The second-order valence-electron chi connectivity index (χ2n) is 5.34. The van der Waals surface area contributed by atoms with Crippen LogP contribution in [0.1, 0.15) is 0 Å². The van der Waals surface area contributed by atoms with E-state index in [9.17, 15) is 13.2 Å². The molecule has 124 valence electrons. The lowest BCUT2D eigenvalue weighted by Gasteiger charge is -2.07. The summed E-state index contributed by atoms with van der Waals surface area (Å²) in [4.78, 5) is 19.5. The first-order valence-electron chi connectivity index (χ1n) is 7.40. The molecule has 4 rings (SSSR count). The van der Waals surface area contributed by atoms with Gasteiger partial charge in [0.1, 0.15) is 0 Å². The zero-order chi connectivity index (χ0) is 17.4. The van der Waals surface area contributed by atoms with Gasteiger partial charge < -0.3 is 0 Å². The van der Waals surface area contributed by atoms with Crippen LogP contribution in [0.2, 0.25) is 0 Å². The van der Waals surface area contributed by atoms with Gasteiger partial charge in [0.05, 0.1) is 20.7 Å². The van der Waals surface area contributed by atoms with Gasteiger partial charge in [-0.15, -0.1) is 0 Å². The van der Waals surface area contributed by atoms with Crippen LogP contribution < -0.4 is 5.56 Å². The van der Waals surface area contributed by atoms with E-state index < -0.39 is 9.84 Å². The van der Waals surface area contributed by atoms with E-state index >= 15 is 0 Å². The maximum absolute atomic E-state index is 12.7. The van der Waals surface area contributed by atoms with E-state index in [1.807, 2.05) is 0 Å². The molecule has 0 fully saturated rings. The molecular weight excluding hydrogens is 340 g/mol. The predicted molar refractivity (Wildman–Crippen MR) is 91.4 cm³/mol. The van der Waals surface area contributed by atoms with E-state index in [0.29, 0.717) is 5.39 Å². The van der Waals surface area contributed by atoms with Crippen LogP contribution in [-0.4, -0.2) is 28.2 Å². The maximum atomic E-state index is 12.7. The van der Waals surface area contributed by atoms with Gasteiger partial charge in [-0.25, -0.2) is 18.1 Å². The average molecular weight is 352 g/mol. The van der Waals surface area contributed by atoms with Gasteiger partial charge in [0, 0.05) is 12.4 Å². The number of aromatic nitrogens is 4. The Morgan fingerprint density at radius 1 is 0.960 bits per heavy atom. The molecule has 4 aromatic rings. The molecule has 0 spiro atoms. The molecule has 0 atom stereocenters. The summed E-state index contributed by atoms with van der Waals surface area (Å²) in [5.74, 6) is 0.219. The first kappa shape index (κ1) is 15.3. The third-order valence-electron chi connectivity index (χ3n) is 3.75. The van der Waals surface area contributed by atoms with Gasteiger partial charge in [-0.05, 0) is 36.4 Å². The fourth-order valence-electron chi connectivity index (χ4n) is 2.51. The Morgan fingerprint density at radius 2 is 1.76 bits per heavy atom. The second kappa shape index (κ2) is 5.67. The number of hydrogen-bond donors (Lipinski definition) is 1. The van der Waals surface area contributed by atoms with E-state index in [-0.39, 0.29) is 26.8 Å². The number of benzene rings is 2. The SMILES string of the molecule is O=c1[nH]c(-n2cccn2)nc2cc(S(=O)(=O)c3ccccc3)ccc12. The Labute approximate surface area is 142 Å². The molecule has 0 saturated heterocycles. The van der Waals surface area contributed by atoms with Crippen LogP contribution in [0.4, 0.5) is 0 Å².